The average Bonchev–Trinajstić information content (AvgIpc) is 2.29. The molecule has 3 aliphatic heterocycles. The molecule has 0 N–H and O–H groups in total. The number of fused-ring (bicyclic) bond motifs is 2. The minimum atomic E-state index is -0.226. The molecule has 14 heavy (non-hydrogen) atoms. The fraction of sp³-hybridized carbons (Fsp3) is 0.875. The predicted molar refractivity (Wildman–Crippen MR) is 53.5 cm³/mol. The zero-order chi connectivity index (χ0) is 9.60. The van der Waals surface area contributed by atoms with Crippen LogP contribution in [-0.2, 0) is 18.7 Å². The smallest absolute Gasteiger partial charge is 0.143 e. The van der Waals surface area contributed by atoms with Crippen LogP contribution in [-0.4, -0.2) is 44.9 Å². The maximum absolute atomic E-state index is 5.79. The molecule has 2 saturated heterocycles. The Balaban J connectivity index is 1.89. The van der Waals surface area contributed by atoms with Gasteiger partial charge in [-0.3, -0.25) is 4.74 Å². The highest BCUT2D eigenvalue weighted by Crippen LogP contribution is 2.44. The quantitative estimate of drug-likeness (QED) is 0.399. The lowest BCUT2D eigenvalue weighted by molar-refractivity contribution is -0.193. The van der Waals surface area contributed by atoms with Crippen LogP contribution in [0.3, 0.4) is 0 Å². The SMILES string of the molecule is BC1OC2CO[PH]#CO[C@H]2[C@@]12CCO2. The van der Waals surface area contributed by atoms with Crippen LogP contribution >= 0.6 is 8.26 Å². The van der Waals surface area contributed by atoms with Crippen LogP contribution < -0.4 is 0 Å². The largest absolute Gasteiger partial charge is 0.376 e. The van der Waals surface area contributed by atoms with Crippen LogP contribution in [0.15, 0.2) is 0 Å². The van der Waals surface area contributed by atoms with Crippen LogP contribution in [0.5, 0.6) is 0 Å². The second kappa shape index (κ2) is 3.24. The van der Waals surface area contributed by atoms with Gasteiger partial charge in [-0.05, 0) is 0 Å². The third-order valence-corrected chi connectivity index (χ3v) is 3.81. The summed E-state index contributed by atoms with van der Waals surface area (Å²) in [6, 6.07) is 0.0954. The normalized spacial score (nSPS) is 51.9. The summed E-state index contributed by atoms with van der Waals surface area (Å²) >= 11 is 0. The highest BCUT2D eigenvalue weighted by molar-refractivity contribution is 7.20. The molecule has 0 aromatic heterocycles. The fourth-order valence-electron chi connectivity index (χ4n) is 2.42. The van der Waals surface area contributed by atoms with Crippen LogP contribution in [0.4, 0.5) is 0 Å². The van der Waals surface area contributed by atoms with E-state index in [0.717, 1.165) is 13.0 Å². The van der Waals surface area contributed by atoms with E-state index < -0.39 is 0 Å². The van der Waals surface area contributed by atoms with Gasteiger partial charge in [0.1, 0.15) is 25.7 Å². The molecule has 76 valence electrons. The van der Waals surface area contributed by atoms with Gasteiger partial charge in [0.2, 0.25) is 0 Å². The summed E-state index contributed by atoms with van der Waals surface area (Å²) in [5.74, 6) is 2.81. The van der Waals surface area contributed by atoms with Gasteiger partial charge in [-0.15, -0.1) is 0 Å². The van der Waals surface area contributed by atoms with E-state index in [0.29, 0.717) is 6.61 Å². The number of hydrogen-bond acceptors (Lipinski definition) is 4. The van der Waals surface area contributed by atoms with E-state index in [4.69, 9.17) is 18.7 Å². The van der Waals surface area contributed by atoms with Crippen LogP contribution in [0, 0.1) is 5.81 Å². The van der Waals surface area contributed by atoms with E-state index in [2.05, 4.69) is 5.81 Å². The van der Waals surface area contributed by atoms with Gasteiger partial charge in [0.15, 0.2) is 0 Å². The first-order valence-corrected chi connectivity index (χ1v) is 5.80. The third-order valence-electron chi connectivity index (χ3n) is 3.30. The molecule has 0 saturated carbocycles. The molecule has 0 aliphatic carbocycles. The Hall–Kier alpha value is -0.0151. The van der Waals surface area contributed by atoms with E-state index >= 15 is 0 Å². The van der Waals surface area contributed by atoms with Gasteiger partial charge in [0.05, 0.1) is 19.2 Å². The molecule has 3 unspecified atom stereocenters. The van der Waals surface area contributed by atoms with Gasteiger partial charge in [0.25, 0.3) is 0 Å². The highest BCUT2D eigenvalue weighted by Gasteiger charge is 2.60. The van der Waals surface area contributed by atoms with Crippen molar-refractivity contribution in [3.05, 3.63) is 0 Å². The van der Waals surface area contributed by atoms with E-state index in [-0.39, 0.29) is 32.1 Å². The van der Waals surface area contributed by atoms with E-state index in [1.807, 2.05) is 7.85 Å². The minimum absolute atomic E-state index is 0.00722. The summed E-state index contributed by atoms with van der Waals surface area (Å²) in [4.78, 5) is 0. The molecule has 4 nitrogen and oxygen atoms in total. The Bertz CT molecular complexity index is 308. The molecule has 1 spiro atoms. The molecule has 0 amide bonds. The number of hydrogen-bond donors (Lipinski definition) is 0. The average molecular weight is 214 g/mol. The van der Waals surface area contributed by atoms with Crippen LogP contribution in [0.25, 0.3) is 0 Å². The van der Waals surface area contributed by atoms with E-state index in [1.54, 1.807) is 0 Å². The van der Waals surface area contributed by atoms with Crippen molar-refractivity contribution in [3.8, 4) is 5.81 Å². The molecular formula is C8H12BO4P. The number of rotatable bonds is 0. The van der Waals surface area contributed by atoms with Gasteiger partial charge in [-0.2, -0.15) is 0 Å². The highest BCUT2D eigenvalue weighted by atomic mass is 31.1. The van der Waals surface area contributed by atoms with Gasteiger partial charge < -0.3 is 14.0 Å². The van der Waals surface area contributed by atoms with Gasteiger partial charge in [-0.25, -0.2) is 0 Å². The summed E-state index contributed by atoms with van der Waals surface area (Å²) in [5, 5.41) is 0. The summed E-state index contributed by atoms with van der Waals surface area (Å²) in [5.41, 5.74) is -0.226. The lowest BCUT2D eigenvalue weighted by Gasteiger charge is -2.44. The lowest BCUT2D eigenvalue weighted by atomic mass is 9.75. The van der Waals surface area contributed by atoms with Crippen molar-refractivity contribution in [3.63, 3.8) is 0 Å². The van der Waals surface area contributed by atoms with Gasteiger partial charge in [-0.1, -0.05) is 0 Å². The van der Waals surface area contributed by atoms with Crippen molar-refractivity contribution >= 4 is 16.1 Å². The zero-order valence-electron chi connectivity index (χ0n) is 7.99. The van der Waals surface area contributed by atoms with E-state index in [9.17, 15) is 0 Å². The molecule has 0 bridgehead atoms. The maximum atomic E-state index is 5.79. The standard InChI is InChI=1S/C8H12BO4P/c9-7-8(1-2-11-8)6-5(13-7)3-12-14-4-10-6/h5-7,14H,1-3,9H2/t5?,6-,7?,8+/m1/s1. The monoisotopic (exact) mass is 214 g/mol. The molecule has 3 rings (SSSR count). The van der Waals surface area contributed by atoms with Crippen molar-refractivity contribution in [2.45, 2.75) is 30.2 Å². The molecule has 2 fully saturated rings. The molecule has 3 heterocycles. The zero-order valence-corrected chi connectivity index (χ0v) is 8.99. The van der Waals surface area contributed by atoms with Gasteiger partial charge in [0, 0.05) is 20.5 Å². The maximum Gasteiger partial charge on any atom is 0.143 e. The number of ether oxygens (including phenoxy) is 3. The topological polar surface area (TPSA) is 36.9 Å². The third kappa shape index (κ3) is 1.12. The molecule has 5 atom stereocenters. The first-order chi connectivity index (χ1) is 6.83. The molecule has 0 aromatic rings. The first kappa shape index (κ1) is 9.23. The molecular weight excluding hydrogens is 202 g/mol. The summed E-state index contributed by atoms with van der Waals surface area (Å²) in [6.07, 6.45) is 0.995. The molecule has 0 radical (unpaired) electrons. The van der Waals surface area contributed by atoms with Crippen molar-refractivity contribution in [1.29, 1.82) is 0 Å². The molecule has 0 aromatic carbocycles. The predicted octanol–water partition coefficient (Wildman–Crippen LogP) is -0.571. The Kier molecular flexibility index (Phi) is 2.14. The van der Waals surface area contributed by atoms with Crippen molar-refractivity contribution in [2.24, 2.45) is 0 Å². The summed E-state index contributed by atoms with van der Waals surface area (Å²) in [6.45, 7) is 1.40. The molecule has 3 aliphatic rings. The summed E-state index contributed by atoms with van der Waals surface area (Å²) < 4.78 is 22.3. The Labute approximate surface area is 84.8 Å². The second-order valence-corrected chi connectivity index (χ2v) is 4.62. The molecule has 6 heteroatoms. The van der Waals surface area contributed by atoms with E-state index in [1.165, 1.54) is 0 Å². The lowest BCUT2D eigenvalue weighted by Crippen LogP contribution is -2.58. The van der Waals surface area contributed by atoms with Crippen molar-refractivity contribution in [1.82, 2.24) is 0 Å². The Morgan fingerprint density at radius 2 is 2.36 bits per heavy atom. The van der Waals surface area contributed by atoms with Crippen LogP contribution in [0.1, 0.15) is 6.42 Å². The fourth-order valence-corrected chi connectivity index (χ4v) is 2.90. The van der Waals surface area contributed by atoms with Crippen LogP contribution in [0.2, 0.25) is 0 Å². The Morgan fingerprint density at radius 3 is 3.07 bits per heavy atom. The second-order valence-electron chi connectivity index (χ2n) is 3.92. The minimum Gasteiger partial charge on any atom is -0.376 e. The first-order valence-electron chi connectivity index (χ1n) is 4.90. The van der Waals surface area contributed by atoms with Crippen molar-refractivity contribution in [2.75, 3.05) is 13.2 Å². The van der Waals surface area contributed by atoms with Gasteiger partial charge >= 0.3 is 0 Å². The Morgan fingerprint density at radius 1 is 1.50 bits per heavy atom. The van der Waals surface area contributed by atoms with Crippen molar-refractivity contribution < 1.29 is 18.7 Å². The summed E-state index contributed by atoms with van der Waals surface area (Å²) in [7, 11) is 2.23.